The molecular formula is C24H29NO5S. The summed E-state index contributed by atoms with van der Waals surface area (Å²) in [6.45, 7) is 4.44. The Balaban J connectivity index is 0.000000491. The van der Waals surface area contributed by atoms with Crippen molar-refractivity contribution in [1.82, 2.24) is 5.32 Å². The van der Waals surface area contributed by atoms with E-state index in [1.165, 1.54) is 44.2 Å². The average Bonchev–Trinajstić information content (AvgIpc) is 3.07. The van der Waals surface area contributed by atoms with Gasteiger partial charge in [0.25, 0.3) is 10.1 Å². The topological polar surface area (TPSA) is 107 Å². The maximum atomic E-state index is 9.57. The Hall–Kier alpha value is -2.29. The van der Waals surface area contributed by atoms with Gasteiger partial charge < -0.3 is 15.5 Å². The van der Waals surface area contributed by atoms with Crippen LogP contribution in [0.3, 0.4) is 0 Å². The van der Waals surface area contributed by atoms with Crippen LogP contribution in [0.4, 0.5) is 0 Å². The minimum Gasteiger partial charge on any atom is -0.394 e. The number of benzene rings is 3. The van der Waals surface area contributed by atoms with E-state index in [1.807, 2.05) is 6.92 Å². The molecule has 3 aromatic rings. The van der Waals surface area contributed by atoms with Gasteiger partial charge in [-0.1, -0.05) is 55.5 Å². The molecule has 0 saturated carbocycles. The molecule has 0 atom stereocenters. The molecule has 1 aliphatic rings. The second-order valence-corrected chi connectivity index (χ2v) is 9.62. The van der Waals surface area contributed by atoms with E-state index in [2.05, 4.69) is 60.8 Å². The summed E-state index contributed by atoms with van der Waals surface area (Å²) in [4.78, 5) is 0. The van der Waals surface area contributed by atoms with Gasteiger partial charge >= 0.3 is 0 Å². The normalized spacial score (nSPS) is 12.5. The van der Waals surface area contributed by atoms with E-state index in [0.717, 1.165) is 6.42 Å². The van der Waals surface area contributed by atoms with Crippen molar-refractivity contribution in [2.75, 3.05) is 19.5 Å². The van der Waals surface area contributed by atoms with Crippen LogP contribution in [0, 0.1) is 0 Å². The molecule has 4 rings (SSSR count). The lowest BCUT2D eigenvalue weighted by Gasteiger charge is -2.27. The van der Waals surface area contributed by atoms with E-state index in [9.17, 15) is 18.6 Å². The molecule has 1 aliphatic carbocycles. The molecule has 4 N–H and O–H groups in total. The Kier molecular flexibility index (Phi) is 6.83. The second kappa shape index (κ2) is 9.06. The largest absolute Gasteiger partial charge is 0.394 e. The van der Waals surface area contributed by atoms with Crippen molar-refractivity contribution < 1.29 is 23.2 Å². The molecule has 166 valence electrons. The fourth-order valence-electron chi connectivity index (χ4n) is 3.96. The van der Waals surface area contributed by atoms with Gasteiger partial charge in [-0.2, -0.15) is 8.42 Å². The Morgan fingerprint density at radius 3 is 1.77 bits per heavy atom. The SMILES string of the molecule is CCc1ccc2c3c(ccc(CNC(C)(CO)CO)c13)-c1ccccc1-2.CS(=O)(=O)O. The molecular weight excluding hydrogens is 414 g/mol. The van der Waals surface area contributed by atoms with E-state index < -0.39 is 15.7 Å². The van der Waals surface area contributed by atoms with E-state index in [0.29, 0.717) is 12.8 Å². The van der Waals surface area contributed by atoms with Crippen molar-refractivity contribution in [2.24, 2.45) is 0 Å². The van der Waals surface area contributed by atoms with Crippen molar-refractivity contribution in [1.29, 1.82) is 0 Å². The van der Waals surface area contributed by atoms with Gasteiger partial charge in [0.2, 0.25) is 0 Å². The van der Waals surface area contributed by atoms with Crippen LogP contribution in [-0.2, 0) is 23.1 Å². The highest BCUT2D eigenvalue weighted by Crippen LogP contribution is 2.48. The van der Waals surface area contributed by atoms with Crippen molar-refractivity contribution in [2.45, 2.75) is 32.4 Å². The molecule has 3 aromatic carbocycles. The Morgan fingerprint density at radius 1 is 0.839 bits per heavy atom. The number of aryl methyl sites for hydroxylation is 1. The lowest BCUT2D eigenvalue weighted by molar-refractivity contribution is 0.103. The summed E-state index contributed by atoms with van der Waals surface area (Å²) in [5.74, 6) is 0. The van der Waals surface area contributed by atoms with Crippen LogP contribution in [0.25, 0.3) is 33.0 Å². The molecule has 6 nitrogen and oxygen atoms in total. The van der Waals surface area contributed by atoms with Crippen LogP contribution in [0.1, 0.15) is 25.0 Å². The van der Waals surface area contributed by atoms with Crippen molar-refractivity contribution in [3.8, 4) is 22.3 Å². The zero-order chi connectivity index (χ0) is 22.8. The van der Waals surface area contributed by atoms with E-state index >= 15 is 0 Å². The summed E-state index contributed by atoms with van der Waals surface area (Å²) in [6, 6.07) is 17.5. The zero-order valence-electron chi connectivity index (χ0n) is 18.0. The van der Waals surface area contributed by atoms with Gasteiger partial charge in [-0.3, -0.25) is 4.55 Å². The highest BCUT2D eigenvalue weighted by molar-refractivity contribution is 7.85. The Morgan fingerprint density at radius 2 is 1.32 bits per heavy atom. The highest BCUT2D eigenvalue weighted by atomic mass is 32.2. The van der Waals surface area contributed by atoms with Crippen LogP contribution in [-0.4, -0.2) is 48.2 Å². The predicted octanol–water partition coefficient (Wildman–Crippen LogP) is 3.39. The fourth-order valence-corrected chi connectivity index (χ4v) is 3.96. The first kappa shape index (κ1) is 23.4. The molecule has 0 aliphatic heterocycles. The lowest BCUT2D eigenvalue weighted by Crippen LogP contribution is -2.48. The van der Waals surface area contributed by atoms with Crippen LogP contribution in [0.5, 0.6) is 0 Å². The van der Waals surface area contributed by atoms with Gasteiger partial charge in [0.1, 0.15) is 0 Å². The number of hydrogen-bond donors (Lipinski definition) is 4. The minimum absolute atomic E-state index is 0.100. The van der Waals surface area contributed by atoms with Crippen LogP contribution >= 0.6 is 0 Å². The molecule has 0 bridgehead atoms. The molecule has 0 aromatic heterocycles. The predicted molar refractivity (Wildman–Crippen MR) is 125 cm³/mol. The molecule has 7 heteroatoms. The van der Waals surface area contributed by atoms with Crippen LogP contribution in [0.15, 0.2) is 48.5 Å². The standard InChI is InChI=1S/C23H25NO2.CH4O3S/c1-3-15-8-10-19-17-6-4-5-7-18(17)20-11-9-16(21(15)22(19)20)12-24-23(2,13-25)14-26;1-5(2,3)4/h4-11,24-26H,3,12-14H2,1-2H3;1H3,(H,2,3,4). The van der Waals surface area contributed by atoms with E-state index in [-0.39, 0.29) is 13.2 Å². The van der Waals surface area contributed by atoms with Gasteiger partial charge in [0.05, 0.1) is 25.0 Å². The van der Waals surface area contributed by atoms with Crippen molar-refractivity contribution in [3.05, 3.63) is 59.7 Å². The summed E-state index contributed by atoms with van der Waals surface area (Å²) < 4.78 is 25.9. The van der Waals surface area contributed by atoms with Crippen molar-refractivity contribution >= 4 is 20.9 Å². The van der Waals surface area contributed by atoms with Gasteiger partial charge in [-0.25, -0.2) is 0 Å². The first-order valence-electron chi connectivity index (χ1n) is 10.2. The third-order valence-corrected chi connectivity index (χ3v) is 5.63. The maximum absolute atomic E-state index is 9.57. The number of aliphatic hydroxyl groups is 2. The third-order valence-electron chi connectivity index (χ3n) is 5.63. The fraction of sp³-hybridized carbons (Fsp3) is 0.333. The number of aliphatic hydroxyl groups excluding tert-OH is 2. The minimum atomic E-state index is -3.67. The quantitative estimate of drug-likeness (QED) is 0.340. The number of rotatable bonds is 6. The van der Waals surface area contributed by atoms with Gasteiger partial charge in [0.15, 0.2) is 0 Å². The van der Waals surface area contributed by atoms with Gasteiger partial charge in [-0.05, 0) is 57.5 Å². The van der Waals surface area contributed by atoms with Crippen LogP contribution < -0.4 is 5.32 Å². The molecule has 0 radical (unpaired) electrons. The molecule has 0 spiro atoms. The summed E-state index contributed by atoms with van der Waals surface area (Å²) in [5, 5.41) is 25.1. The van der Waals surface area contributed by atoms with Gasteiger partial charge in [-0.15, -0.1) is 0 Å². The Bertz CT molecular complexity index is 1160. The summed E-state index contributed by atoms with van der Waals surface area (Å²) in [6.07, 6.45) is 1.69. The number of nitrogens with one attached hydrogen (secondary N) is 1. The van der Waals surface area contributed by atoms with Crippen LogP contribution in [0.2, 0.25) is 0 Å². The van der Waals surface area contributed by atoms with E-state index in [1.54, 1.807) is 0 Å². The molecule has 0 unspecified atom stereocenters. The first-order valence-corrected chi connectivity index (χ1v) is 12.0. The molecule has 0 heterocycles. The smallest absolute Gasteiger partial charge is 0.261 e. The van der Waals surface area contributed by atoms with Crippen molar-refractivity contribution in [3.63, 3.8) is 0 Å². The van der Waals surface area contributed by atoms with E-state index in [4.69, 9.17) is 4.55 Å². The van der Waals surface area contributed by atoms with Gasteiger partial charge in [0, 0.05) is 6.54 Å². The monoisotopic (exact) mass is 443 g/mol. The summed E-state index contributed by atoms with van der Waals surface area (Å²) in [5.41, 5.74) is 7.08. The maximum Gasteiger partial charge on any atom is 0.261 e. The number of hydrogen-bond acceptors (Lipinski definition) is 5. The second-order valence-electron chi connectivity index (χ2n) is 8.16. The number of fused-ring (bicyclic) bond motifs is 3. The Labute approximate surface area is 183 Å². The summed E-state index contributed by atoms with van der Waals surface area (Å²) in [7, 11) is -3.67. The average molecular weight is 444 g/mol. The summed E-state index contributed by atoms with van der Waals surface area (Å²) >= 11 is 0. The zero-order valence-corrected chi connectivity index (χ0v) is 18.8. The molecule has 0 amide bonds. The first-order chi connectivity index (χ1) is 14.6. The molecule has 0 fully saturated rings. The third kappa shape index (κ3) is 4.97. The lowest BCUT2D eigenvalue weighted by atomic mass is 9.92. The molecule has 31 heavy (non-hydrogen) atoms. The molecule has 0 saturated heterocycles. The highest BCUT2D eigenvalue weighted by Gasteiger charge is 2.25.